The molecule has 0 bridgehead atoms. The Balaban J connectivity index is 1.76. The van der Waals surface area contributed by atoms with Crippen LogP contribution < -0.4 is 10.1 Å². The van der Waals surface area contributed by atoms with Crippen LogP contribution in [0, 0.1) is 13.8 Å². The zero-order valence-corrected chi connectivity index (χ0v) is 14.9. The van der Waals surface area contributed by atoms with E-state index in [1.165, 1.54) is 16.0 Å². The van der Waals surface area contributed by atoms with Gasteiger partial charge in [0.15, 0.2) is 0 Å². The van der Waals surface area contributed by atoms with Crippen molar-refractivity contribution in [2.45, 2.75) is 20.3 Å². The molecule has 3 rings (SSSR count). The van der Waals surface area contributed by atoms with Crippen LogP contribution in [0.1, 0.15) is 16.0 Å². The van der Waals surface area contributed by atoms with E-state index in [1.807, 2.05) is 12.1 Å². The van der Waals surface area contributed by atoms with Crippen LogP contribution in [0.3, 0.4) is 0 Å². The predicted octanol–water partition coefficient (Wildman–Crippen LogP) is 4.62. The van der Waals surface area contributed by atoms with Gasteiger partial charge in [-0.25, -0.2) is 9.97 Å². The first kappa shape index (κ1) is 16.0. The van der Waals surface area contributed by atoms with Crippen LogP contribution in [0.15, 0.2) is 24.3 Å². The van der Waals surface area contributed by atoms with Gasteiger partial charge in [0.2, 0.25) is 5.28 Å². The third kappa shape index (κ3) is 3.41. The number of hydrogen-bond acceptors (Lipinski definition) is 5. The van der Waals surface area contributed by atoms with Crippen molar-refractivity contribution in [2.75, 3.05) is 19.0 Å². The minimum Gasteiger partial charge on any atom is -0.497 e. The Morgan fingerprint density at radius 1 is 1.17 bits per heavy atom. The van der Waals surface area contributed by atoms with Crippen LogP contribution in [0.5, 0.6) is 5.75 Å². The van der Waals surface area contributed by atoms with Crippen LogP contribution >= 0.6 is 22.9 Å². The summed E-state index contributed by atoms with van der Waals surface area (Å²) in [6, 6.07) is 8.09. The first-order valence-electron chi connectivity index (χ1n) is 7.38. The van der Waals surface area contributed by atoms with E-state index < -0.39 is 0 Å². The fraction of sp³-hybridized carbons (Fsp3) is 0.294. The summed E-state index contributed by atoms with van der Waals surface area (Å²) in [5.74, 6) is 1.69. The molecule has 6 heteroatoms. The van der Waals surface area contributed by atoms with E-state index in [9.17, 15) is 0 Å². The van der Waals surface area contributed by atoms with Crippen molar-refractivity contribution in [1.29, 1.82) is 0 Å². The largest absolute Gasteiger partial charge is 0.497 e. The normalized spacial score (nSPS) is 11.0. The number of benzene rings is 1. The summed E-state index contributed by atoms with van der Waals surface area (Å²) in [4.78, 5) is 10.9. The topological polar surface area (TPSA) is 47.0 Å². The number of anilines is 1. The number of ether oxygens (including phenoxy) is 1. The Kier molecular flexibility index (Phi) is 4.68. The number of fused-ring (bicyclic) bond motifs is 1. The molecule has 1 aromatic carbocycles. The lowest BCUT2D eigenvalue weighted by atomic mass is 10.1. The maximum atomic E-state index is 6.05. The van der Waals surface area contributed by atoms with Gasteiger partial charge in [0.1, 0.15) is 16.4 Å². The lowest BCUT2D eigenvalue weighted by Gasteiger charge is -2.08. The molecule has 0 unspecified atom stereocenters. The molecule has 120 valence electrons. The summed E-state index contributed by atoms with van der Waals surface area (Å²) < 4.78 is 5.17. The number of hydrogen-bond donors (Lipinski definition) is 1. The Morgan fingerprint density at radius 3 is 2.61 bits per heavy atom. The first-order valence-corrected chi connectivity index (χ1v) is 8.58. The fourth-order valence-electron chi connectivity index (χ4n) is 2.47. The van der Waals surface area contributed by atoms with Crippen molar-refractivity contribution in [2.24, 2.45) is 0 Å². The number of aryl methyl sites for hydroxylation is 2. The van der Waals surface area contributed by atoms with Gasteiger partial charge < -0.3 is 10.1 Å². The second-order valence-electron chi connectivity index (χ2n) is 5.33. The van der Waals surface area contributed by atoms with E-state index >= 15 is 0 Å². The Morgan fingerprint density at radius 2 is 1.91 bits per heavy atom. The molecular formula is C17H18ClN3OS. The average Bonchev–Trinajstić information content (AvgIpc) is 2.82. The molecular weight excluding hydrogens is 330 g/mol. The van der Waals surface area contributed by atoms with Gasteiger partial charge in [-0.2, -0.15) is 0 Å². The molecule has 0 radical (unpaired) electrons. The molecule has 4 nitrogen and oxygen atoms in total. The molecule has 23 heavy (non-hydrogen) atoms. The lowest BCUT2D eigenvalue weighted by Crippen LogP contribution is -2.07. The highest BCUT2D eigenvalue weighted by atomic mass is 35.5. The quantitative estimate of drug-likeness (QED) is 0.684. The van der Waals surface area contributed by atoms with Crippen LogP contribution in [0.2, 0.25) is 5.28 Å². The minimum atomic E-state index is 0.283. The Bertz CT molecular complexity index is 830. The van der Waals surface area contributed by atoms with Crippen molar-refractivity contribution < 1.29 is 4.74 Å². The number of halogens is 1. The van der Waals surface area contributed by atoms with Gasteiger partial charge in [-0.05, 0) is 55.1 Å². The number of nitrogens with one attached hydrogen (secondary N) is 1. The van der Waals surface area contributed by atoms with Gasteiger partial charge in [-0.3, -0.25) is 0 Å². The summed E-state index contributed by atoms with van der Waals surface area (Å²) in [6.07, 6.45) is 0.898. The third-order valence-electron chi connectivity index (χ3n) is 3.87. The standard InChI is InChI=1S/C17H18ClN3OS/c1-10-11(2)23-16-14(10)15(20-17(18)21-16)19-9-8-12-4-6-13(22-3)7-5-12/h4-7H,8-9H2,1-3H3,(H,19,20,21). The molecule has 3 aromatic rings. The maximum absolute atomic E-state index is 6.05. The number of rotatable bonds is 5. The summed E-state index contributed by atoms with van der Waals surface area (Å²) in [6.45, 7) is 4.97. The lowest BCUT2D eigenvalue weighted by molar-refractivity contribution is 0.414. The molecule has 2 heterocycles. The van der Waals surface area contributed by atoms with Gasteiger partial charge >= 0.3 is 0 Å². The molecule has 0 aliphatic rings. The van der Waals surface area contributed by atoms with Crippen molar-refractivity contribution in [3.63, 3.8) is 0 Å². The fourth-order valence-corrected chi connectivity index (χ4v) is 3.72. The molecule has 1 N–H and O–H groups in total. The Labute approximate surface area is 144 Å². The van der Waals surface area contributed by atoms with Gasteiger partial charge in [0.05, 0.1) is 12.5 Å². The predicted molar refractivity (Wildman–Crippen MR) is 97.1 cm³/mol. The van der Waals surface area contributed by atoms with E-state index in [0.717, 1.165) is 34.7 Å². The third-order valence-corrected chi connectivity index (χ3v) is 5.14. The van der Waals surface area contributed by atoms with Crippen molar-refractivity contribution in [1.82, 2.24) is 9.97 Å². The molecule has 0 aliphatic carbocycles. The van der Waals surface area contributed by atoms with Crippen molar-refractivity contribution in [3.8, 4) is 5.75 Å². The molecule has 0 spiro atoms. The maximum Gasteiger partial charge on any atom is 0.225 e. The van der Waals surface area contributed by atoms with E-state index in [4.69, 9.17) is 16.3 Å². The zero-order chi connectivity index (χ0) is 16.4. The van der Waals surface area contributed by atoms with Gasteiger partial charge in [-0.1, -0.05) is 12.1 Å². The van der Waals surface area contributed by atoms with Gasteiger partial charge in [-0.15, -0.1) is 11.3 Å². The highest BCUT2D eigenvalue weighted by molar-refractivity contribution is 7.18. The second kappa shape index (κ2) is 6.72. The van der Waals surface area contributed by atoms with Gasteiger partial charge in [0, 0.05) is 11.4 Å². The summed E-state index contributed by atoms with van der Waals surface area (Å²) in [5, 5.41) is 4.76. The summed E-state index contributed by atoms with van der Waals surface area (Å²) in [5.41, 5.74) is 2.46. The van der Waals surface area contributed by atoms with Crippen molar-refractivity contribution in [3.05, 3.63) is 45.6 Å². The zero-order valence-electron chi connectivity index (χ0n) is 13.3. The minimum absolute atomic E-state index is 0.283. The molecule has 0 atom stereocenters. The van der Waals surface area contributed by atoms with E-state index in [-0.39, 0.29) is 5.28 Å². The van der Waals surface area contributed by atoms with E-state index in [1.54, 1.807) is 18.4 Å². The first-order chi connectivity index (χ1) is 11.1. The number of nitrogens with zero attached hydrogens (tertiary/aromatic N) is 2. The van der Waals surface area contributed by atoms with Crippen molar-refractivity contribution >= 4 is 39.0 Å². The summed E-state index contributed by atoms with van der Waals surface area (Å²) >= 11 is 7.70. The number of methoxy groups -OCH3 is 1. The van der Waals surface area contributed by atoms with Gasteiger partial charge in [0.25, 0.3) is 0 Å². The second-order valence-corrected chi connectivity index (χ2v) is 6.87. The average molecular weight is 348 g/mol. The van der Waals surface area contributed by atoms with Crippen LogP contribution in [0.25, 0.3) is 10.2 Å². The van der Waals surface area contributed by atoms with Crippen LogP contribution in [0.4, 0.5) is 5.82 Å². The molecule has 0 fully saturated rings. The number of thiophene rings is 1. The summed E-state index contributed by atoms with van der Waals surface area (Å²) in [7, 11) is 1.67. The highest BCUT2D eigenvalue weighted by Gasteiger charge is 2.13. The van der Waals surface area contributed by atoms with E-state index in [2.05, 4.69) is 41.3 Å². The highest BCUT2D eigenvalue weighted by Crippen LogP contribution is 2.33. The molecule has 0 amide bonds. The SMILES string of the molecule is COc1ccc(CCNc2nc(Cl)nc3sc(C)c(C)c23)cc1. The molecule has 0 saturated carbocycles. The monoisotopic (exact) mass is 347 g/mol. The molecule has 0 saturated heterocycles. The van der Waals surface area contributed by atoms with Crippen LogP contribution in [-0.2, 0) is 6.42 Å². The van der Waals surface area contributed by atoms with Crippen LogP contribution in [-0.4, -0.2) is 23.6 Å². The molecule has 2 aromatic heterocycles. The smallest absolute Gasteiger partial charge is 0.225 e. The number of aromatic nitrogens is 2. The van der Waals surface area contributed by atoms with E-state index in [0.29, 0.717) is 0 Å². The Hall–Kier alpha value is -1.85. The molecule has 0 aliphatic heterocycles.